The Kier molecular flexibility index (Phi) is 5.80. The first-order valence-corrected chi connectivity index (χ1v) is 7.14. The first kappa shape index (κ1) is 18.2. The standard InChI is InChI=1S/C16H14F3N3O.ClH/c17-12-6-11(7-13(18)15(12)19)16(23)22-5-4-21-9-14(22)10-2-1-3-20-8-10;/h1-3,6-8,14,21H,4-5,9H2;1H. The summed E-state index contributed by atoms with van der Waals surface area (Å²) in [6.07, 6.45) is 3.26. The van der Waals surface area contributed by atoms with E-state index >= 15 is 0 Å². The molecule has 1 aromatic heterocycles. The Morgan fingerprint density at radius 2 is 1.96 bits per heavy atom. The van der Waals surface area contributed by atoms with Crippen molar-refractivity contribution in [2.75, 3.05) is 19.6 Å². The van der Waals surface area contributed by atoms with Crippen LogP contribution >= 0.6 is 12.4 Å². The van der Waals surface area contributed by atoms with Gasteiger partial charge in [-0.25, -0.2) is 13.2 Å². The largest absolute Gasteiger partial charge is 0.329 e. The number of aromatic nitrogens is 1. The molecule has 1 aliphatic heterocycles. The average Bonchev–Trinajstić information content (AvgIpc) is 2.59. The third-order valence-electron chi connectivity index (χ3n) is 3.80. The summed E-state index contributed by atoms with van der Waals surface area (Å²) in [6, 6.07) is 4.73. The molecule has 8 heteroatoms. The molecular weight excluding hydrogens is 343 g/mol. The van der Waals surface area contributed by atoms with Gasteiger partial charge in [-0.2, -0.15) is 0 Å². The lowest BCUT2D eigenvalue weighted by atomic mass is 10.0. The van der Waals surface area contributed by atoms with Gasteiger partial charge < -0.3 is 10.2 Å². The Morgan fingerprint density at radius 1 is 1.25 bits per heavy atom. The molecule has 0 radical (unpaired) electrons. The van der Waals surface area contributed by atoms with Crippen LogP contribution in [0, 0.1) is 17.5 Å². The Bertz CT molecular complexity index is 707. The van der Waals surface area contributed by atoms with Crippen LogP contribution in [0.1, 0.15) is 22.0 Å². The van der Waals surface area contributed by atoms with Gasteiger partial charge in [0.15, 0.2) is 17.5 Å². The van der Waals surface area contributed by atoms with Gasteiger partial charge in [0.1, 0.15) is 0 Å². The molecule has 1 aromatic carbocycles. The van der Waals surface area contributed by atoms with Gasteiger partial charge in [0, 0.05) is 37.6 Å². The van der Waals surface area contributed by atoms with Crippen molar-refractivity contribution in [1.82, 2.24) is 15.2 Å². The minimum Gasteiger partial charge on any atom is -0.329 e. The van der Waals surface area contributed by atoms with E-state index < -0.39 is 23.4 Å². The number of amides is 1. The highest BCUT2D eigenvalue weighted by atomic mass is 35.5. The minimum absolute atomic E-state index is 0. The van der Waals surface area contributed by atoms with Crippen LogP contribution in [-0.2, 0) is 0 Å². The third kappa shape index (κ3) is 3.52. The summed E-state index contributed by atoms with van der Waals surface area (Å²) < 4.78 is 39.8. The molecule has 1 saturated heterocycles. The molecule has 2 aromatic rings. The zero-order chi connectivity index (χ0) is 16.4. The van der Waals surface area contributed by atoms with E-state index in [-0.39, 0.29) is 24.0 Å². The van der Waals surface area contributed by atoms with Crippen LogP contribution in [-0.4, -0.2) is 35.4 Å². The molecule has 1 amide bonds. The SMILES string of the molecule is Cl.O=C(c1cc(F)c(F)c(F)c1)N1CCNCC1c1cccnc1. The lowest BCUT2D eigenvalue weighted by Crippen LogP contribution is -2.48. The molecule has 128 valence electrons. The maximum absolute atomic E-state index is 13.4. The van der Waals surface area contributed by atoms with Crippen molar-refractivity contribution in [2.24, 2.45) is 0 Å². The van der Waals surface area contributed by atoms with Crippen LogP contribution in [0.5, 0.6) is 0 Å². The zero-order valence-electron chi connectivity index (χ0n) is 12.5. The van der Waals surface area contributed by atoms with Crippen LogP contribution < -0.4 is 5.32 Å². The number of pyridine rings is 1. The van der Waals surface area contributed by atoms with Crippen LogP contribution in [0.15, 0.2) is 36.7 Å². The second-order valence-electron chi connectivity index (χ2n) is 5.26. The predicted molar refractivity (Wildman–Crippen MR) is 84.4 cm³/mol. The van der Waals surface area contributed by atoms with Gasteiger partial charge in [0.25, 0.3) is 5.91 Å². The molecule has 1 N–H and O–H groups in total. The lowest BCUT2D eigenvalue weighted by molar-refractivity contribution is 0.0632. The maximum atomic E-state index is 13.4. The smallest absolute Gasteiger partial charge is 0.254 e. The van der Waals surface area contributed by atoms with Crippen LogP contribution in [0.3, 0.4) is 0 Å². The van der Waals surface area contributed by atoms with Crippen molar-refractivity contribution < 1.29 is 18.0 Å². The topological polar surface area (TPSA) is 45.2 Å². The number of rotatable bonds is 2. The summed E-state index contributed by atoms with van der Waals surface area (Å²) in [6.45, 7) is 1.44. The monoisotopic (exact) mass is 357 g/mol. The quantitative estimate of drug-likeness (QED) is 0.841. The van der Waals surface area contributed by atoms with Gasteiger partial charge >= 0.3 is 0 Å². The average molecular weight is 358 g/mol. The van der Waals surface area contributed by atoms with E-state index in [9.17, 15) is 18.0 Å². The van der Waals surface area contributed by atoms with Crippen LogP contribution in [0.25, 0.3) is 0 Å². The van der Waals surface area contributed by atoms with E-state index in [1.807, 2.05) is 6.07 Å². The Morgan fingerprint density at radius 3 is 2.58 bits per heavy atom. The van der Waals surface area contributed by atoms with E-state index in [0.717, 1.165) is 17.7 Å². The molecule has 4 nitrogen and oxygen atoms in total. The summed E-state index contributed by atoms with van der Waals surface area (Å²) in [5.41, 5.74) is 0.605. The Balaban J connectivity index is 0.00000208. The number of carbonyl (C=O) groups excluding carboxylic acids is 1. The first-order valence-electron chi connectivity index (χ1n) is 7.14. The highest BCUT2D eigenvalue weighted by molar-refractivity contribution is 5.94. The second kappa shape index (κ2) is 7.63. The zero-order valence-corrected chi connectivity index (χ0v) is 13.3. The number of hydrogen-bond acceptors (Lipinski definition) is 3. The van der Waals surface area contributed by atoms with Crippen molar-refractivity contribution >= 4 is 18.3 Å². The fraction of sp³-hybridized carbons (Fsp3) is 0.250. The van der Waals surface area contributed by atoms with Crippen molar-refractivity contribution in [1.29, 1.82) is 0 Å². The molecule has 1 fully saturated rings. The summed E-state index contributed by atoms with van der Waals surface area (Å²) in [5, 5.41) is 3.17. The fourth-order valence-electron chi connectivity index (χ4n) is 2.66. The van der Waals surface area contributed by atoms with E-state index in [1.165, 1.54) is 4.90 Å². The molecule has 1 aliphatic rings. The number of halogens is 4. The number of piperazine rings is 1. The van der Waals surface area contributed by atoms with Gasteiger partial charge in [-0.05, 0) is 23.8 Å². The van der Waals surface area contributed by atoms with E-state index in [1.54, 1.807) is 18.5 Å². The van der Waals surface area contributed by atoms with Gasteiger partial charge in [-0.3, -0.25) is 9.78 Å². The number of nitrogens with zero attached hydrogens (tertiary/aromatic N) is 2. The van der Waals surface area contributed by atoms with E-state index in [4.69, 9.17) is 0 Å². The van der Waals surface area contributed by atoms with Crippen molar-refractivity contribution in [3.05, 3.63) is 65.2 Å². The van der Waals surface area contributed by atoms with Crippen molar-refractivity contribution in [3.63, 3.8) is 0 Å². The molecule has 1 unspecified atom stereocenters. The minimum atomic E-state index is -1.58. The Labute approximate surface area is 143 Å². The predicted octanol–water partition coefficient (Wildman–Crippen LogP) is 2.71. The van der Waals surface area contributed by atoms with E-state index in [2.05, 4.69) is 10.3 Å². The number of benzene rings is 1. The summed E-state index contributed by atoms with van der Waals surface area (Å²) >= 11 is 0. The molecule has 0 bridgehead atoms. The molecule has 1 atom stereocenters. The number of carbonyl (C=O) groups is 1. The molecular formula is C16H15ClF3N3O. The van der Waals surface area contributed by atoms with Gasteiger partial charge in [0.2, 0.25) is 0 Å². The molecule has 0 aliphatic carbocycles. The Hall–Kier alpha value is -2.12. The van der Waals surface area contributed by atoms with E-state index in [0.29, 0.717) is 19.6 Å². The second-order valence-corrected chi connectivity index (χ2v) is 5.26. The van der Waals surface area contributed by atoms with Gasteiger partial charge in [-0.15, -0.1) is 12.4 Å². The van der Waals surface area contributed by atoms with Crippen LogP contribution in [0.4, 0.5) is 13.2 Å². The first-order chi connectivity index (χ1) is 11.1. The van der Waals surface area contributed by atoms with Gasteiger partial charge in [0.05, 0.1) is 6.04 Å². The third-order valence-corrected chi connectivity index (χ3v) is 3.80. The van der Waals surface area contributed by atoms with Crippen LogP contribution in [0.2, 0.25) is 0 Å². The number of nitrogens with one attached hydrogen (secondary N) is 1. The van der Waals surface area contributed by atoms with Crippen molar-refractivity contribution in [2.45, 2.75) is 6.04 Å². The molecule has 2 heterocycles. The summed E-state index contributed by atoms with van der Waals surface area (Å²) in [7, 11) is 0. The highest BCUT2D eigenvalue weighted by Gasteiger charge is 2.29. The normalized spacial score (nSPS) is 17.3. The lowest BCUT2D eigenvalue weighted by Gasteiger charge is -2.36. The van der Waals surface area contributed by atoms with Gasteiger partial charge in [-0.1, -0.05) is 6.07 Å². The van der Waals surface area contributed by atoms with Crippen molar-refractivity contribution in [3.8, 4) is 0 Å². The number of hydrogen-bond donors (Lipinski definition) is 1. The molecule has 3 rings (SSSR count). The summed E-state index contributed by atoms with van der Waals surface area (Å²) in [5.74, 6) is -4.87. The molecule has 0 saturated carbocycles. The molecule has 0 spiro atoms. The highest BCUT2D eigenvalue weighted by Crippen LogP contribution is 2.24. The maximum Gasteiger partial charge on any atom is 0.254 e. The molecule has 24 heavy (non-hydrogen) atoms. The summed E-state index contributed by atoms with van der Waals surface area (Å²) in [4.78, 5) is 18.2. The fourth-order valence-corrected chi connectivity index (χ4v) is 2.66.